The number of amides is 1. The Bertz CT molecular complexity index is 534. The Morgan fingerprint density at radius 3 is 2.38 bits per heavy atom. The van der Waals surface area contributed by atoms with Gasteiger partial charge in [-0.15, -0.1) is 11.3 Å². The summed E-state index contributed by atoms with van der Waals surface area (Å²) in [4.78, 5) is 14.7. The van der Waals surface area contributed by atoms with Crippen LogP contribution in [0.25, 0.3) is 0 Å². The number of aromatic nitrogens is 1. The number of carbonyl (C=O) groups excluding carboxylic acids is 1. The Morgan fingerprint density at radius 2 is 1.90 bits per heavy atom. The molecule has 1 fully saturated rings. The van der Waals surface area contributed by atoms with Crippen LogP contribution in [0.1, 0.15) is 18.5 Å². The van der Waals surface area contributed by atoms with E-state index in [1.165, 1.54) is 5.38 Å². The molecule has 1 aliphatic rings. The predicted octanol–water partition coefficient (Wildman–Crippen LogP) is 2.78. The molecule has 2 N–H and O–H groups in total. The van der Waals surface area contributed by atoms with E-state index in [-0.39, 0.29) is 23.7 Å². The first-order valence-corrected chi connectivity index (χ1v) is 6.56. The lowest BCUT2D eigenvalue weighted by Crippen LogP contribution is -2.43. The quantitative estimate of drug-likeness (QED) is 0.833. The molecular formula is C10H9F6N3OS. The Labute approximate surface area is 118 Å². The van der Waals surface area contributed by atoms with E-state index < -0.39 is 30.3 Å². The normalized spacial score (nSPS) is 17.4. The summed E-state index contributed by atoms with van der Waals surface area (Å²) >= 11 is 0.837. The van der Waals surface area contributed by atoms with Crippen molar-refractivity contribution in [3.8, 4) is 0 Å². The highest BCUT2D eigenvalue weighted by atomic mass is 32.1. The fourth-order valence-electron chi connectivity index (χ4n) is 1.61. The van der Waals surface area contributed by atoms with Gasteiger partial charge in [0.1, 0.15) is 6.54 Å². The maximum absolute atomic E-state index is 12.2. The number of nitrogens with zero attached hydrogens (tertiary/aromatic N) is 1. The van der Waals surface area contributed by atoms with E-state index in [1.54, 1.807) is 0 Å². The van der Waals surface area contributed by atoms with Crippen molar-refractivity contribution < 1.29 is 31.1 Å². The lowest BCUT2D eigenvalue weighted by molar-refractivity contribution is -0.174. The van der Waals surface area contributed by atoms with Crippen LogP contribution >= 0.6 is 11.3 Å². The Kier molecular flexibility index (Phi) is 3.80. The molecule has 1 aliphatic carbocycles. The van der Waals surface area contributed by atoms with Crippen molar-refractivity contribution in [2.24, 2.45) is 0 Å². The third-order valence-electron chi connectivity index (χ3n) is 2.79. The SMILES string of the molecule is O=C(NC1(c2csc(NCC(F)(F)F)n2)CC1)C(F)(F)F. The number of rotatable bonds is 4. The molecule has 0 saturated heterocycles. The molecule has 0 aliphatic heterocycles. The zero-order valence-electron chi connectivity index (χ0n) is 10.2. The van der Waals surface area contributed by atoms with E-state index in [0.29, 0.717) is 0 Å². The molecule has 0 spiro atoms. The second kappa shape index (κ2) is 5.04. The van der Waals surface area contributed by atoms with Crippen molar-refractivity contribution in [2.75, 3.05) is 11.9 Å². The van der Waals surface area contributed by atoms with Gasteiger partial charge in [0.25, 0.3) is 0 Å². The van der Waals surface area contributed by atoms with Crippen molar-refractivity contribution in [1.29, 1.82) is 0 Å². The van der Waals surface area contributed by atoms with Crippen molar-refractivity contribution in [3.63, 3.8) is 0 Å². The summed E-state index contributed by atoms with van der Waals surface area (Å²) in [7, 11) is 0. The smallest absolute Gasteiger partial charge is 0.352 e. The summed E-state index contributed by atoms with van der Waals surface area (Å²) in [5.41, 5.74) is -1.09. The minimum atomic E-state index is -5.01. The summed E-state index contributed by atoms with van der Waals surface area (Å²) in [6.45, 7) is -1.29. The summed E-state index contributed by atoms with van der Waals surface area (Å²) in [6, 6.07) is 0. The number of alkyl halides is 6. The van der Waals surface area contributed by atoms with Gasteiger partial charge in [0.15, 0.2) is 5.13 Å². The third kappa shape index (κ3) is 3.99. The molecule has 2 rings (SSSR count). The molecule has 1 heterocycles. The molecule has 0 atom stereocenters. The average molecular weight is 333 g/mol. The molecule has 11 heteroatoms. The summed E-state index contributed by atoms with van der Waals surface area (Å²) in [5, 5.41) is 5.15. The Balaban J connectivity index is 2.02. The lowest BCUT2D eigenvalue weighted by atomic mass is 10.2. The molecule has 1 aromatic heterocycles. The van der Waals surface area contributed by atoms with E-state index in [0.717, 1.165) is 11.3 Å². The molecule has 0 radical (unpaired) electrons. The van der Waals surface area contributed by atoms with E-state index in [2.05, 4.69) is 4.98 Å². The van der Waals surface area contributed by atoms with Gasteiger partial charge in [-0.1, -0.05) is 0 Å². The number of thiazole rings is 1. The standard InChI is InChI=1S/C10H9F6N3OS/c11-9(12,13)4-17-7-18-5(3-21-7)8(1-2-8)19-6(20)10(14,15)16/h3H,1-2,4H2,(H,17,18)(H,19,20). The topological polar surface area (TPSA) is 54.0 Å². The van der Waals surface area contributed by atoms with E-state index in [4.69, 9.17) is 0 Å². The van der Waals surface area contributed by atoms with Crippen LogP contribution in [-0.4, -0.2) is 29.8 Å². The summed E-state index contributed by atoms with van der Waals surface area (Å²) in [6.07, 6.45) is -8.91. The second-order valence-corrected chi connectivity index (χ2v) is 5.40. The molecule has 0 bridgehead atoms. The third-order valence-corrected chi connectivity index (χ3v) is 3.59. The monoisotopic (exact) mass is 333 g/mol. The van der Waals surface area contributed by atoms with Crippen molar-refractivity contribution in [3.05, 3.63) is 11.1 Å². The van der Waals surface area contributed by atoms with Crippen molar-refractivity contribution in [1.82, 2.24) is 10.3 Å². The highest BCUT2D eigenvalue weighted by Gasteiger charge is 2.52. The van der Waals surface area contributed by atoms with Gasteiger partial charge in [0.2, 0.25) is 0 Å². The maximum Gasteiger partial charge on any atom is 0.471 e. The zero-order valence-corrected chi connectivity index (χ0v) is 11.0. The number of carbonyl (C=O) groups is 1. The molecule has 118 valence electrons. The fourth-order valence-corrected chi connectivity index (χ4v) is 2.42. The van der Waals surface area contributed by atoms with E-state index in [1.807, 2.05) is 10.6 Å². The van der Waals surface area contributed by atoms with Gasteiger partial charge in [-0.3, -0.25) is 4.79 Å². The fraction of sp³-hybridized carbons (Fsp3) is 0.600. The molecule has 1 saturated carbocycles. The lowest BCUT2D eigenvalue weighted by Gasteiger charge is -2.16. The van der Waals surface area contributed by atoms with Crippen LogP contribution in [-0.2, 0) is 10.3 Å². The van der Waals surface area contributed by atoms with Gasteiger partial charge in [-0.2, -0.15) is 26.3 Å². The Morgan fingerprint density at radius 1 is 1.29 bits per heavy atom. The molecule has 0 unspecified atom stereocenters. The molecule has 4 nitrogen and oxygen atoms in total. The van der Waals surface area contributed by atoms with Crippen LogP contribution < -0.4 is 10.6 Å². The average Bonchev–Trinajstić information content (AvgIpc) is 2.94. The van der Waals surface area contributed by atoms with Gasteiger partial charge in [-0.25, -0.2) is 4.98 Å². The van der Waals surface area contributed by atoms with Crippen LogP contribution in [0, 0.1) is 0 Å². The van der Waals surface area contributed by atoms with Crippen molar-refractivity contribution in [2.45, 2.75) is 30.7 Å². The minimum Gasteiger partial charge on any atom is -0.352 e. The first-order chi connectivity index (χ1) is 9.52. The predicted molar refractivity (Wildman–Crippen MR) is 61.8 cm³/mol. The number of nitrogens with one attached hydrogen (secondary N) is 2. The number of hydrogen-bond acceptors (Lipinski definition) is 4. The number of anilines is 1. The van der Waals surface area contributed by atoms with Gasteiger partial charge in [-0.05, 0) is 12.8 Å². The van der Waals surface area contributed by atoms with Crippen molar-refractivity contribution >= 4 is 22.4 Å². The highest BCUT2D eigenvalue weighted by molar-refractivity contribution is 7.13. The van der Waals surface area contributed by atoms with Crippen LogP contribution in [0.15, 0.2) is 5.38 Å². The van der Waals surface area contributed by atoms with E-state index >= 15 is 0 Å². The minimum absolute atomic E-state index is 0.0603. The molecule has 1 amide bonds. The van der Waals surface area contributed by atoms with Gasteiger partial charge >= 0.3 is 18.3 Å². The first-order valence-electron chi connectivity index (χ1n) is 5.68. The van der Waals surface area contributed by atoms with Crippen LogP contribution in [0.5, 0.6) is 0 Å². The van der Waals surface area contributed by atoms with Gasteiger partial charge < -0.3 is 10.6 Å². The van der Waals surface area contributed by atoms with Gasteiger partial charge in [0.05, 0.1) is 11.2 Å². The summed E-state index contributed by atoms with van der Waals surface area (Å²) in [5.74, 6) is -2.09. The highest BCUT2D eigenvalue weighted by Crippen LogP contribution is 2.46. The molecule has 1 aromatic rings. The van der Waals surface area contributed by atoms with Gasteiger partial charge in [0, 0.05) is 5.38 Å². The molecule has 21 heavy (non-hydrogen) atoms. The number of hydrogen-bond donors (Lipinski definition) is 2. The van der Waals surface area contributed by atoms with Crippen LogP contribution in [0.4, 0.5) is 31.5 Å². The Hall–Kier alpha value is -1.52. The zero-order chi connectivity index (χ0) is 15.9. The maximum atomic E-state index is 12.2. The van der Waals surface area contributed by atoms with Crippen LogP contribution in [0.2, 0.25) is 0 Å². The molecule has 0 aromatic carbocycles. The number of halogens is 6. The second-order valence-electron chi connectivity index (χ2n) is 4.54. The molecular weight excluding hydrogens is 324 g/mol. The largest absolute Gasteiger partial charge is 0.471 e. The summed E-state index contributed by atoms with van der Waals surface area (Å²) < 4.78 is 72.7. The van der Waals surface area contributed by atoms with Crippen LogP contribution in [0.3, 0.4) is 0 Å². The van der Waals surface area contributed by atoms with E-state index in [9.17, 15) is 31.1 Å². The first kappa shape index (κ1) is 15.9.